The summed E-state index contributed by atoms with van der Waals surface area (Å²) in [6.07, 6.45) is 1.08. The number of halogens is 1. The molecule has 1 aliphatic heterocycles. The Kier molecular flexibility index (Phi) is 3.93. The molecule has 0 saturated carbocycles. The first-order valence-corrected chi connectivity index (χ1v) is 7.37. The van der Waals surface area contributed by atoms with E-state index in [-0.39, 0.29) is 18.0 Å². The van der Waals surface area contributed by atoms with Crippen LogP contribution in [0.5, 0.6) is 5.75 Å². The average Bonchev–Trinajstić information content (AvgIpc) is 2.86. The van der Waals surface area contributed by atoms with Gasteiger partial charge < -0.3 is 10.1 Å². The number of rotatable bonds is 4. The summed E-state index contributed by atoms with van der Waals surface area (Å²) in [6.45, 7) is 4.89. The molecule has 21 heavy (non-hydrogen) atoms. The van der Waals surface area contributed by atoms with E-state index in [1.165, 1.54) is 17.2 Å². The minimum absolute atomic E-state index is 0.106. The molecule has 0 aliphatic carbocycles. The van der Waals surface area contributed by atoms with Gasteiger partial charge in [0.25, 0.3) is 0 Å². The molecule has 2 aromatic carbocycles. The molecule has 2 aromatic rings. The Bertz CT molecular complexity index is 641. The molecule has 1 unspecified atom stereocenters. The number of hydrogen-bond acceptors (Lipinski definition) is 2. The van der Waals surface area contributed by atoms with Gasteiger partial charge in [-0.1, -0.05) is 29.8 Å². The maximum atomic E-state index is 13.2. The molecule has 3 rings (SSSR count). The lowest BCUT2D eigenvalue weighted by molar-refractivity contribution is 0.222. The zero-order valence-corrected chi connectivity index (χ0v) is 12.4. The molecule has 2 nitrogen and oxygen atoms in total. The molecule has 1 aliphatic rings. The molecule has 2 atom stereocenters. The number of fused-ring (bicyclic) bond motifs is 1. The Balaban J connectivity index is 1.57. The van der Waals surface area contributed by atoms with E-state index in [2.05, 4.69) is 24.4 Å². The van der Waals surface area contributed by atoms with E-state index < -0.39 is 0 Å². The van der Waals surface area contributed by atoms with Crippen molar-refractivity contribution < 1.29 is 9.13 Å². The second-order valence-corrected chi connectivity index (χ2v) is 5.74. The molecule has 110 valence electrons. The van der Waals surface area contributed by atoms with Crippen LogP contribution in [-0.2, 0) is 6.42 Å². The Morgan fingerprint density at radius 2 is 2.14 bits per heavy atom. The summed E-state index contributed by atoms with van der Waals surface area (Å²) in [5.74, 6) is 0.798. The van der Waals surface area contributed by atoms with Gasteiger partial charge in [-0.15, -0.1) is 0 Å². The standard InChI is InChI=1S/C18H20FNO/c1-12-6-7-18-15(8-12)10-17(21-18)11-20-13(2)14-4-3-5-16(19)9-14/h3-9,13,17,20H,10-11H2,1-2H3/t13-,17?/m0/s1. The van der Waals surface area contributed by atoms with Gasteiger partial charge in [-0.25, -0.2) is 4.39 Å². The van der Waals surface area contributed by atoms with Gasteiger partial charge in [0.1, 0.15) is 17.7 Å². The van der Waals surface area contributed by atoms with E-state index in [4.69, 9.17) is 4.74 Å². The highest BCUT2D eigenvalue weighted by atomic mass is 19.1. The summed E-state index contributed by atoms with van der Waals surface area (Å²) in [5, 5.41) is 3.43. The molecule has 0 fully saturated rings. The normalized spacial score (nSPS) is 18.1. The maximum Gasteiger partial charge on any atom is 0.123 e. The van der Waals surface area contributed by atoms with Crippen molar-refractivity contribution in [3.63, 3.8) is 0 Å². The van der Waals surface area contributed by atoms with E-state index in [0.29, 0.717) is 0 Å². The van der Waals surface area contributed by atoms with Crippen molar-refractivity contribution in [2.24, 2.45) is 0 Å². The first kappa shape index (κ1) is 14.1. The summed E-state index contributed by atoms with van der Waals surface area (Å²) in [6, 6.07) is 13.1. The van der Waals surface area contributed by atoms with Crippen LogP contribution in [-0.4, -0.2) is 12.6 Å². The molecule has 3 heteroatoms. The predicted molar refractivity (Wildman–Crippen MR) is 82.1 cm³/mol. The molecular weight excluding hydrogens is 265 g/mol. The van der Waals surface area contributed by atoms with E-state index in [1.807, 2.05) is 19.1 Å². The minimum atomic E-state index is -0.193. The lowest BCUT2D eigenvalue weighted by atomic mass is 10.1. The SMILES string of the molecule is Cc1ccc2c(c1)CC(CN[C@@H](C)c1cccc(F)c1)O2. The summed E-state index contributed by atoms with van der Waals surface area (Å²) in [7, 11) is 0. The summed E-state index contributed by atoms with van der Waals surface area (Å²) >= 11 is 0. The second kappa shape index (κ2) is 5.86. The third-order valence-electron chi connectivity index (χ3n) is 3.96. The molecule has 0 amide bonds. The monoisotopic (exact) mass is 285 g/mol. The van der Waals surface area contributed by atoms with E-state index in [9.17, 15) is 4.39 Å². The highest BCUT2D eigenvalue weighted by Gasteiger charge is 2.23. The smallest absolute Gasteiger partial charge is 0.123 e. The van der Waals surface area contributed by atoms with Crippen LogP contribution in [0.25, 0.3) is 0 Å². The van der Waals surface area contributed by atoms with E-state index in [1.54, 1.807) is 12.1 Å². The number of hydrogen-bond donors (Lipinski definition) is 1. The third-order valence-corrected chi connectivity index (χ3v) is 3.96. The van der Waals surface area contributed by atoms with E-state index >= 15 is 0 Å². The van der Waals surface area contributed by atoms with Crippen LogP contribution in [0.1, 0.15) is 29.7 Å². The Labute approximate surface area is 125 Å². The van der Waals surface area contributed by atoms with Gasteiger partial charge in [-0.2, -0.15) is 0 Å². The fraction of sp³-hybridized carbons (Fsp3) is 0.333. The maximum absolute atomic E-state index is 13.2. The van der Waals surface area contributed by atoms with Gasteiger partial charge in [-0.3, -0.25) is 0 Å². The van der Waals surface area contributed by atoms with Crippen LogP contribution in [0, 0.1) is 12.7 Å². The molecule has 1 N–H and O–H groups in total. The lowest BCUT2D eigenvalue weighted by Gasteiger charge is -2.17. The van der Waals surface area contributed by atoms with Gasteiger partial charge in [-0.05, 0) is 43.2 Å². The van der Waals surface area contributed by atoms with Gasteiger partial charge in [0, 0.05) is 19.0 Å². The zero-order chi connectivity index (χ0) is 14.8. The van der Waals surface area contributed by atoms with Crippen LogP contribution >= 0.6 is 0 Å². The number of ether oxygens (including phenoxy) is 1. The van der Waals surface area contributed by atoms with Crippen LogP contribution in [0.15, 0.2) is 42.5 Å². The first-order chi connectivity index (χ1) is 10.1. The number of nitrogens with one attached hydrogen (secondary N) is 1. The highest BCUT2D eigenvalue weighted by Crippen LogP contribution is 2.29. The van der Waals surface area contributed by atoms with Crippen LogP contribution in [0.2, 0.25) is 0 Å². The van der Waals surface area contributed by atoms with Gasteiger partial charge in [0.05, 0.1) is 0 Å². The van der Waals surface area contributed by atoms with Gasteiger partial charge in [0.15, 0.2) is 0 Å². The first-order valence-electron chi connectivity index (χ1n) is 7.37. The molecule has 0 bridgehead atoms. The van der Waals surface area contributed by atoms with E-state index in [0.717, 1.165) is 24.3 Å². The van der Waals surface area contributed by atoms with Gasteiger partial charge in [0.2, 0.25) is 0 Å². The lowest BCUT2D eigenvalue weighted by Crippen LogP contribution is -2.31. The number of benzene rings is 2. The van der Waals surface area contributed by atoms with Crippen molar-refractivity contribution in [1.29, 1.82) is 0 Å². The molecule has 1 heterocycles. The van der Waals surface area contributed by atoms with Crippen molar-refractivity contribution in [3.05, 3.63) is 65.0 Å². The van der Waals surface area contributed by atoms with Crippen molar-refractivity contribution in [2.45, 2.75) is 32.4 Å². The third kappa shape index (κ3) is 3.24. The topological polar surface area (TPSA) is 21.3 Å². The Hall–Kier alpha value is -1.87. The summed E-state index contributed by atoms with van der Waals surface area (Å²) in [4.78, 5) is 0. The Morgan fingerprint density at radius 1 is 1.29 bits per heavy atom. The predicted octanol–water partition coefficient (Wildman–Crippen LogP) is 3.79. The molecule has 0 aromatic heterocycles. The second-order valence-electron chi connectivity index (χ2n) is 5.74. The van der Waals surface area contributed by atoms with Crippen LogP contribution < -0.4 is 10.1 Å². The molecule has 0 spiro atoms. The largest absolute Gasteiger partial charge is 0.488 e. The fourth-order valence-corrected chi connectivity index (χ4v) is 2.77. The Morgan fingerprint density at radius 3 is 2.95 bits per heavy atom. The fourth-order valence-electron chi connectivity index (χ4n) is 2.77. The summed E-state index contributed by atoms with van der Waals surface area (Å²) in [5.41, 5.74) is 3.50. The molecular formula is C18H20FNO. The average molecular weight is 285 g/mol. The van der Waals surface area contributed by atoms with Crippen molar-refractivity contribution in [3.8, 4) is 5.75 Å². The molecule has 0 radical (unpaired) electrons. The zero-order valence-electron chi connectivity index (χ0n) is 12.4. The van der Waals surface area contributed by atoms with Crippen molar-refractivity contribution in [1.82, 2.24) is 5.32 Å². The van der Waals surface area contributed by atoms with Crippen molar-refractivity contribution in [2.75, 3.05) is 6.54 Å². The van der Waals surface area contributed by atoms with Crippen molar-refractivity contribution >= 4 is 0 Å². The number of aryl methyl sites for hydroxylation is 1. The molecule has 0 saturated heterocycles. The van der Waals surface area contributed by atoms with Crippen LogP contribution in [0.4, 0.5) is 4.39 Å². The summed E-state index contributed by atoms with van der Waals surface area (Å²) < 4.78 is 19.2. The quantitative estimate of drug-likeness (QED) is 0.923. The minimum Gasteiger partial charge on any atom is -0.488 e. The van der Waals surface area contributed by atoms with Gasteiger partial charge >= 0.3 is 0 Å². The highest BCUT2D eigenvalue weighted by molar-refractivity contribution is 5.40. The van der Waals surface area contributed by atoms with Crippen LogP contribution in [0.3, 0.4) is 0 Å².